The van der Waals surface area contributed by atoms with Crippen molar-refractivity contribution < 1.29 is 19.1 Å². The third kappa shape index (κ3) is 6.10. The summed E-state index contributed by atoms with van der Waals surface area (Å²) in [5, 5.41) is 5.41. The molecule has 0 atom stereocenters. The Balaban J connectivity index is 2.08. The number of hydrogen-bond acceptors (Lipinski definition) is 4. The first-order valence-electron chi connectivity index (χ1n) is 9.61. The quantitative estimate of drug-likeness (QED) is 0.492. The van der Waals surface area contributed by atoms with Crippen LogP contribution < -0.4 is 20.1 Å². The maximum absolute atomic E-state index is 12.3. The number of unbranched alkanes of at least 4 members (excludes halogenated alkanes) is 1. The predicted octanol–water partition coefficient (Wildman–Crippen LogP) is 4.19. The van der Waals surface area contributed by atoms with E-state index in [1.54, 1.807) is 45.4 Å². The van der Waals surface area contributed by atoms with E-state index in [0.29, 0.717) is 34.9 Å². The van der Waals surface area contributed by atoms with Crippen molar-refractivity contribution >= 4 is 23.6 Å². The number of amides is 2. The number of benzene rings is 2. The first kappa shape index (κ1) is 22.0. The first-order valence-corrected chi connectivity index (χ1v) is 9.61. The summed E-state index contributed by atoms with van der Waals surface area (Å²) in [5.74, 6) is 0.828. The smallest absolute Gasteiger partial charge is 0.251 e. The Labute approximate surface area is 171 Å². The van der Waals surface area contributed by atoms with Crippen LogP contribution in [0.2, 0.25) is 0 Å². The van der Waals surface area contributed by atoms with E-state index >= 15 is 0 Å². The SMILES string of the molecule is CCCCOc1ccc(/C=C/C(=O)Nc2cccc(C(=O)NC)c2C)cc1OC. The van der Waals surface area contributed by atoms with Gasteiger partial charge in [0.1, 0.15) is 0 Å². The monoisotopic (exact) mass is 396 g/mol. The maximum Gasteiger partial charge on any atom is 0.251 e. The lowest BCUT2D eigenvalue weighted by molar-refractivity contribution is -0.111. The van der Waals surface area contributed by atoms with Gasteiger partial charge in [-0.1, -0.05) is 25.5 Å². The summed E-state index contributed by atoms with van der Waals surface area (Å²) in [6.07, 6.45) is 5.18. The molecule has 2 aromatic carbocycles. The molecular formula is C23H28N2O4. The molecule has 2 amide bonds. The molecule has 0 fully saturated rings. The molecule has 0 bridgehead atoms. The predicted molar refractivity (Wildman–Crippen MR) is 116 cm³/mol. The molecule has 0 aliphatic carbocycles. The van der Waals surface area contributed by atoms with E-state index in [1.807, 2.05) is 18.2 Å². The van der Waals surface area contributed by atoms with Crippen LogP contribution in [-0.2, 0) is 4.79 Å². The summed E-state index contributed by atoms with van der Waals surface area (Å²) in [4.78, 5) is 24.2. The first-order chi connectivity index (χ1) is 14.0. The van der Waals surface area contributed by atoms with Crippen molar-refractivity contribution in [3.63, 3.8) is 0 Å². The van der Waals surface area contributed by atoms with E-state index < -0.39 is 0 Å². The minimum absolute atomic E-state index is 0.192. The lowest BCUT2D eigenvalue weighted by atomic mass is 10.1. The van der Waals surface area contributed by atoms with Crippen LogP contribution in [-0.4, -0.2) is 32.6 Å². The summed E-state index contributed by atoms with van der Waals surface area (Å²) in [5.41, 5.74) is 2.65. The number of carbonyl (C=O) groups is 2. The molecule has 2 rings (SSSR count). The Hall–Kier alpha value is -3.28. The molecule has 0 aliphatic heterocycles. The molecule has 2 aromatic rings. The molecule has 0 unspecified atom stereocenters. The second-order valence-electron chi connectivity index (χ2n) is 6.49. The Bertz CT molecular complexity index is 890. The van der Waals surface area contributed by atoms with Gasteiger partial charge in [-0.3, -0.25) is 9.59 Å². The van der Waals surface area contributed by atoms with E-state index in [4.69, 9.17) is 9.47 Å². The van der Waals surface area contributed by atoms with E-state index in [9.17, 15) is 9.59 Å². The van der Waals surface area contributed by atoms with Gasteiger partial charge >= 0.3 is 0 Å². The van der Waals surface area contributed by atoms with Crippen LogP contribution in [0.3, 0.4) is 0 Å². The highest BCUT2D eigenvalue weighted by atomic mass is 16.5. The third-order valence-corrected chi connectivity index (χ3v) is 4.43. The molecule has 0 spiro atoms. The molecule has 29 heavy (non-hydrogen) atoms. The van der Waals surface area contributed by atoms with Crippen molar-refractivity contribution in [3.8, 4) is 11.5 Å². The summed E-state index contributed by atoms with van der Waals surface area (Å²) in [6.45, 7) is 4.54. The molecule has 154 valence electrons. The largest absolute Gasteiger partial charge is 0.493 e. The molecule has 6 heteroatoms. The van der Waals surface area contributed by atoms with Crippen molar-refractivity contribution in [2.75, 3.05) is 26.1 Å². The van der Waals surface area contributed by atoms with E-state index in [0.717, 1.165) is 18.4 Å². The number of anilines is 1. The highest BCUT2D eigenvalue weighted by Crippen LogP contribution is 2.28. The van der Waals surface area contributed by atoms with Gasteiger partial charge in [-0.2, -0.15) is 0 Å². The number of rotatable bonds is 9. The van der Waals surface area contributed by atoms with Crippen LogP contribution in [0.4, 0.5) is 5.69 Å². The van der Waals surface area contributed by atoms with Gasteiger partial charge in [-0.15, -0.1) is 0 Å². The molecule has 2 N–H and O–H groups in total. The number of nitrogens with one attached hydrogen (secondary N) is 2. The maximum atomic E-state index is 12.3. The van der Waals surface area contributed by atoms with E-state index in [1.165, 1.54) is 6.08 Å². The van der Waals surface area contributed by atoms with Crippen molar-refractivity contribution in [1.82, 2.24) is 5.32 Å². The average Bonchev–Trinajstić information content (AvgIpc) is 2.74. The lowest BCUT2D eigenvalue weighted by Gasteiger charge is -2.11. The number of hydrogen-bond donors (Lipinski definition) is 2. The van der Waals surface area contributed by atoms with Gasteiger partial charge in [-0.25, -0.2) is 0 Å². The minimum atomic E-state index is -0.288. The fourth-order valence-corrected chi connectivity index (χ4v) is 2.73. The van der Waals surface area contributed by atoms with Crippen LogP contribution >= 0.6 is 0 Å². The highest BCUT2D eigenvalue weighted by Gasteiger charge is 2.11. The Morgan fingerprint density at radius 1 is 1.14 bits per heavy atom. The van der Waals surface area contributed by atoms with Crippen molar-refractivity contribution in [2.24, 2.45) is 0 Å². The van der Waals surface area contributed by atoms with Gasteiger partial charge in [-0.05, 0) is 54.8 Å². The Kier molecular flexibility index (Phi) is 8.27. The zero-order chi connectivity index (χ0) is 21.2. The molecule has 0 heterocycles. The molecule has 6 nitrogen and oxygen atoms in total. The Morgan fingerprint density at radius 3 is 2.62 bits per heavy atom. The minimum Gasteiger partial charge on any atom is -0.493 e. The standard InChI is InChI=1S/C23H28N2O4/c1-5-6-14-29-20-12-10-17(15-21(20)28-4)11-13-22(26)25-19-9-7-8-18(16(19)2)23(27)24-3/h7-13,15H,5-6,14H2,1-4H3,(H,24,27)(H,25,26)/b13-11+. The summed E-state index contributed by atoms with van der Waals surface area (Å²) in [6, 6.07) is 10.7. The molecule has 0 radical (unpaired) electrons. The van der Waals surface area contributed by atoms with Crippen LogP contribution in [0.1, 0.15) is 41.3 Å². The second kappa shape index (κ2) is 10.9. The van der Waals surface area contributed by atoms with Gasteiger partial charge in [0.05, 0.1) is 13.7 Å². The normalized spacial score (nSPS) is 10.6. The van der Waals surface area contributed by atoms with E-state index in [-0.39, 0.29) is 11.8 Å². The van der Waals surface area contributed by atoms with Crippen molar-refractivity contribution in [2.45, 2.75) is 26.7 Å². The van der Waals surface area contributed by atoms with Gasteiger partial charge in [0.15, 0.2) is 11.5 Å². The van der Waals surface area contributed by atoms with Gasteiger partial charge in [0.25, 0.3) is 5.91 Å². The number of carbonyl (C=O) groups excluding carboxylic acids is 2. The van der Waals surface area contributed by atoms with Crippen molar-refractivity contribution in [1.29, 1.82) is 0 Å². The summed E-state index contributed by atoms with van der Waals surface area (Å²) >= 11 is 0. The summed E-state index contributed by atoms with van der Waals surface area (Å²) in [7, 11) is 3.16. The fraction of sp³-hybridized carbons (Fsp3) is 0.304. The van der Waals surface area contributed by atoms with Crippen LogP contribution in [0.15, 0.2) is 42.5 Å². The van der Waals surface area contributed by atoms with E-state index in [2.05, 4.69) is 17.6 Å². The van der Waals surface area contributed by atoms with Gasteiger partial charge < -0.3 is 20.1 Å². The zero-order valence-corrected chi connectivity index (χ0v) is 17.4. The van der Waals surface area contributed by atoms with Crippen LogP contribution in [0.25, 0.3) is 6.08 Å². The fourth-order valence-electron chi connectivity index (χ4n) is 2.73. The highest BCUT2D eigenvalue weighted by molar-refractivity contribution is 6.04. The lowest BCUT2D eigenvalue weighted by Crippen LogP contribution is -2.20. The van der Waals surface area contributed by atoms with Gasteiger partial charge in [0.2, 0.25) is 5.91 Å². The zero-order valence-electron chi connectivity index (χ0n) is 17.4. The number of ether oxygens (including phenoxy) is 2. The Morgan fingerprint density at radius 2 is 1.93 bits per heavy atom. The third-order valence-electron chi connectivity index (χ3n) is 4.43. The molecule has 0 aromatic heterocycles. The van der Waals surface area contributed by atoms with Crippen molar-refractivity contribution in [3.05, 3.63) is 59.2 Å². The average molecular weight is 396 g/mol. The number of methoxy groups -OCH3 is 1. The molecule has 0 aliphatic rings. The molecular weight excluding hydrogens is 368 g/mol. The summed E-state index contributed by atoms with van der Waals surface area (Å²) < 4.78 is 11.1. The molecule has 0 saturated carbocycles. The molecule has 0 saturated heterocycles. The second-order valence-corrected chi connectivity index (χ2v) is 6.49. The topological polar surface area (TPSA) is 76.7 Å². The van der Waals surface area contributed by atoms with Crippen LogP contribution in [0, 0.1) is 6.92 Å². The van der Waals surface area contributed by atoms with Gasteiger partial charge in [0, 0.05) is 24.4 Å². The van der Waals surface area contributed by atoms with Crippen LogP contribution in [0.5, 0.6) is 11.5 Å².